The van der Waals surface area contributed by atoms with E-state index in [0.29, 0.717) is 27.0 Å². The number of nitrogens with one attached hydrogen (secondary N) is 1. The van der Waals surface area contributed by atoms with Crippen molar-refractivity contribution >= 4 is 46.6 Å². The summed E-state index contributed by atoms with van der Waals surface area (Å²) in [5.41, 5.74) is 4.43. The number of carbonyl (C=O) groups excluding carboxylic acids is 2. The van der Waals surface area contributed by atoms with E-state index >= 15 is 0 Å². The Labute approximate surface area is 248 Å². The summed E-state index contributed by atoms with van der Waals surface area (Å²) < 4.78 is 13.7. The molecule has 1 N–H and O–H groups in total. The first-order chi connectivity index (χ1) is 19.6. The molecule has 0 saturated heterocycles. The van der Waals surface area contributed by atoms with Crippen LogP contribution in [0.1, 0.15) is 28.6 Å². The van der Waals surface area contributed by atoms with E-state index in [9.17, 15) is 14.0 Å². The molecule has 0 aliphatic heterocycles. The Morgan fingerprint density at radius 2 is 1.54 bits per heavy atom. The Kier molecular flexibility index (Phi) is 9.96. The zero-order chi connectivity index (χ0) is 29.5. The Hall–Kier alpha value is -3.95. The van der Waals surface area contributed by atoms with Gasteiger partial charge in [-0.1, -0.05) is 47.6 Å². The number of rotatable bonds is 10. The lowest BCUT2D eigenvalue weighted by Crippen LogP contribution is -2.41. The lowest BCUT2D eigenvalue weighted by atomic mass is 10.0. The summed E-state index contributed by atoms with van der Waals surface area (Å²) in [6.07, 6.45) is 0. The minimum absolute atomic E-state index is 0.00100. The van der Waals surface area contributed by atoms with E-state index in [-0.39, 0.29) is 24.0 Å². The van der Waals surface area contributed by atoms with Crippen molar-refractivity contribution in [2.45, 2.75) is 31.6 Å². The molecule has 0 fully saturated rings. The van der Waals surface area contributed by atoms with Crippen LogP contribution in [0.25, 0.3) is 0 Å². The van der Waals surface area contributed by atoms with Crippen LogP contribution in [0.3, 0.4) is 0 Å². The van der Waals surface area contributed by atoms with Gasteiger partial charge in [0.15, 0.2) is 5.16 Å². The number of halogens is 2. The van der Waals surface area contributed by atoms with Crippen molar-refractivity contribution in [3.05, 3.63) is 112 Å². The number of nitrogens with zero attached hydrogens (tertiary/aromatic N) is 4. The standard InChI is InChI=1S/C31H31ClFN5O2S/c1-20-17-21(2)35-31(34-20)41-19-28(39)38(18-22-5-11-25(33)12-6-22)29(23-7-9-24(32)10-8-23)30(40)36-26-13-15-27(16-14-26)37(3)4/h5-17,29H,18-19H2,1-4H3,(H,36,40)/t29-/m1/s1. The predicted molar refractivity (Wildman–Crippen MR) is 163 cm³/mol. The zero-order valence-corrected chi connectivity index (χ0v) is 24.8. The van der Waals surface area contributed by atoms with Crippen LogP contribution in [0, 0.1) is 19.7 Å². The van der Waals surface area contributed by atoms with Crippen LogP contribution < -0.4 is 10.2 Å². The van der Waals surface area contributed by atoms with Crippen LogP contribution in [0.4, 0.5) is 15.8 Å². The van der Waals surface area contributed by atoms with Crippen LogP contribution in [0.2, 0.25) is 5.02 Å². The molecule has 1 heterocycles. The molecule has 0 aliphatic rings. The predicted octanol–water partition coefficient (Wildman–Crippen LogP) is 6.45. The van der Waals surface area contributed by atoms with Gasteiger partial charge in [0, 0.05) is 48.4 Å². The summed E-state index contributed by atoms with van der Waals surface area (Å²) in [5.74, 6) is -1.09. The third-order valence-electron chi connectivity index (χ3n) is 6.27. The molecule has 212 valence electrons. The molecule has 1 aromatic heterocycles. The van der Waals surface area contributed by atoms with Gasteiger partial charge in [-0.25, -0.2) is 14.4 Å². The smallest absolute Gasteiger partial charge is 0.251 e. The monoisotopic (exact) mass is 591 g/mol. The second-order valence-electron chi connectivity index (χ2n) is 9.75. The van der Waals surface area contributed by atoms with E-state index < -0.39 is 11.9 Å². The highest BCUT2D eigenvalue weighted by Gasteiger charge is 2.32. The van der Waals surface area contributed by atoms with Gasteiger partial charge in [-0.2, -0.15) is 0 Å². The highest BCUT2D eigenvalue weighted by atomic mass is 35.5. The molecule has 4 aromatic rings. The molecule has 0 bridgehead atoms. The van der Waals surface area contributed by atoms with Gasteiger partial charge in [-0.3, -0.25) is 9.59 Å². The van der Waals surface area contributed by atoms with Crippen LogP contribution in [0.5, 0.6) is 0 Å². The van der Waals surface area contributed by atoms with Crippen molar-refractivity contribution in [2.24, 2.45) is 0 Å². The van der Waals surface area contributed by atoms with E-state index in [2.05, 4.69) is 15.3 Å². The van der Waals surface area contributed by atoms with Crippen LogP contribution in [0.15, 0.2) is 84.0 Å². The lowest BCUT2D eigenvalue weighted by Gasteiger charge is -2.31. The van der Waals surface area contributed by atoms with Crippen LogP contribution in [-0.2, 0) is 16.1 Å². The number of hydrogen-bond donors (Lipinski definition) is 1. The Balaban J connectivity index is 1.69. The highest BCUT2D eigenvalue weighted by Crippen LogP contribution is 2.29. The first-order valence-electron chi connectivity index (χ1n) is 12.9. The van der Waals surface area contributed by atoms with Gasteiger partial charge in [0.25, 0.3) is 5.91 Å². The Morgan fingerprint density at radius 3 is 2.12 bits per heavy atom. The molecule has 7 nitrogen and oxygen atoms in total. The Bertz CT molecular complexity index is 1480. The van der Waals surface area contributed by atoms with Crippen LogP contribution >= 0.6 is 23.4 Å². The van der Waals surface area contributed by atoms with Crippen molar-refractivity contribution in [2.75, 3.05) is 30.1 Å². The molecular formula is C31H31ClFN5O2S. The number of amides is 2. The van der Waals surface area contributed by atoms with Gasteiger partial charge < -0.3 is 15.1 Å². The fourth-order valence-electron chi connectivity index (χ4n) is 4.25. The van der Waals surface area contributed by atoms with E-state index in [1.165, 1.54) is 28.8 Å². The van der Waals surface area contributed by atoms with Gasteiger partial charge in [-0.05, 0) is 79.6 Å². The van der Waals surface area contributed by atoms with Crippen LogP contribution in [-0.4, -0.2) is 46.5 Å². The summed E-state index contributed by atoms with van der Waals surface area (Å²) in [4.78, 5) is 40.1. The first-order valence-corrected chi connectivity index (χ1v) is 14.3. The number of benzene rings is 3. The largest absolute Gasteiger partial charge is 0.378 e. The van der Waals surface area contributed by atoms with Crippen molar-refractivity contribution < 1.29 is 14.0 Å². The van der Waals surface area contributed by atoms with E-state index in [0.717, 1.165) is 17.1 Å². The first kappa shape index (κ1) is 30.0. The van der Waals surface area contributed by atoms with Crippen molar-refractivity contribution in [3.63, 3.8) is 0 Å². The third-order valence-corrected chi connectivity index (χ3v) is 7.35. The molecule has 10 heteroatoms. The van der Waals surface area contributed by atoms with Gasteiger partial charge in [0.2, 0.25) is 5.91 Å². The quantitative estimate of drug-likeness (QED) is 0.169. The van der Waals surface area contributed by atoms with Crippen molar-refractivity contribution in [1.82, 2.24) is 14.9 Å². The van der Waals surface area contributed by atoms with E-state index in [4.69, 9.17) is 11.6 Å². The zero-order valence-electron chi connectivity index (χ0n) is 23.3. The summed E-state index contributed by atoms with van der Waals surface area (Å²) >= 11 is 7.36. The average molecular weight is 592 g/mol. The molecule has 4 rings (SSSR count). The fraction of sp³-hybridized carbons (Fsp3) is 0.226. The second kappa shape index (κ2) is 13.6. The lowest BCUT2D eigenvalue weighted by molar-refractivity contribution is -0.137. The fourth-order valence-corrected chi connectivity index (χ4v) is 5.21. The molecular weight excluding hydrogens is 561 g/mol. The number of anilines is 2. The van der Waals surface area contributed by atoms with Gasteiger partial charge >= 0.3 is 0 Å². The average Bonchev–Trinajstić information content (AvgIpc) is 2.93. The molecule has 0 unspecified atom stereocenters. The van der Waals surface area contributed by atoms with E-state index in [1.807, 2.05) is 63.2 Å². The molecule has 0 spiro atoms. The molecule has 0 radical (unpaired) electrons. The molecule has 3 aromatic carbocycles. The molecule has 2 amide bonds. The Morgan fingerprint density at radius 1 is 0.927 bits per heavy atom. The number of aryl methyl sites for hydroxylation is 2. The van der Waals surface area contributed by atoms with Crippen molar-refractivity contribution in [1.29, 1.82) is 0 Å². The van der Waals surface area contributed by atoms with Crippen molar-refractivity contribution in [3.8, 4) is 0 Å². The SMILES string of the molecule is Cc1cc(C)nc(SCC(=O)N(Cc2ccc(F)cc2)[C@@H](C(=O)Nc2ccc(N(C)C)cc2)c2ccc(Cl)cc2)n1. The maximum absolute atomic E-state index is 13.9. The normalized spacial score (nSPS) is 11.6. The number of aromatic nitrogens is 2. The number of thioether (sulfide) groups is 1. The molecule has 0 saturated carbocycles. The summed E-state index contributed by atoms with van der Waals surface area (Å²) in [7, 11) is 3.87. The minimum atomic E-state index is -1.00. The molecule has 1 atom stereocenters. The second-order valence-corrected chi connectivity index (χ2v) is 11.1. The maximum Gasteiger partial charge on any atom is 0.251 e. The molecule has 0 aliphatic carbocycles. The highest BCUT2D eigenvalue weighted by molar-refractivity contribution is 7.99. The van der Waals surface area contributed by atoms with E-state index in [1.54, 1.807) is 36.4 Å². The maximum atomic E-state index is 13.9. The van der Waals surface area contributed by atoms with Gasteiger partial charge in [-0.15, -0.1) is 0 Å². The molecule has 41 heavy (non-hydrogen) atoms. The third kappa shape index (κ3) is 8.28. The summed E-state index contributed by atoms with van der Waals surface area (Å²) in [5, 5.41) is 3.95. The number of hydrogen-bond acceptors (Lipinski definition) is 6. The van der Waals surface area contributed by atoms with Gasteiger partial charge in [0.05, 0.1) is 5.75 Å². The summed E-state index contributed by atoms with van der Waals surface area (Å²) in [6.45, 7) is 3.81. The minimum Gasteiger partial charge on any atom is -0.378 e. The van der Waals surface area contributed by atoms with Gasteiger partial charge in [0.1, 0.15) is 11.9 Å². The number of carbonyl (C=O) groups is 2. The topological polar surface area (TPSA) is 78.4 Å². The summed E-state index contributed by atoms with van der Waals surface area (Å²) in [6, 6.07) is 21.0.